The summed E-state index contributed by atoms with van der Waals surface area (Å²) in [6.07, 6.45) is 0.596. The van der Waals surface area contributed by atoms with Crippen LogP contribution in [0.4, 0.5) is 0 Å². The predicted octanol–water partition coefficient (Wildman–Crippen LogP) is 1.83. The molecule has 0 aromatic heterocycles. The third-order valence-corrected chi connectivity index (χ3v) is 2.84. The summed E-state index contributed by atoms with van der Waals surface area (Å²) in [5.41, 5.74) is 3.64. The lowest BCUT2D eigenvalue weighted by atomic mass is 9.94. The van der Waals surface area contributed by atoms with E-state index in [4.69, 9.17) is 5.11 Å². The van der Waals surface area contributed by atoms with Gasteiger partial charge in [-0.1, -0.05) is 29.8 Å². The van der Waals surface area contributed by atoms with Crippen LogP contribution in [0.5, 0.6) is 0 Å². The molecule has 3 heteroatoms. The van der Waals surface area contributed by atoms with Crippen molar-refractivity contribution < 1.29 is 9.90 Å². The van der Waals surface area contributed by atoms with Gasteiger partial charge in [-0.05, 0) is 31.0 Å². The van der Waals surface area contributed by atoms with Gasteiger partial charge in [0.15, 0.2) is 0 Å². The Kier molecular flexibility index (Phi) is 3.06. The summed E-state index contributed by atoms with van der Waals surface area (Å²) in [6, 6.07) is 7.98. The highest BCUT2D eigenvalue weighted by atomic mass is 16.4. The maximum atomic E-state index is 11.1. The maximum Gasteiger partial charge on any atom is 0.331 e. The molecule has 2 N–H and O–H groups in total. The molecule has 0 atom stereocenters. The Bertz CT molecular complexity index is 449. The first-order chi connectivity index (χ1) is 7.68. The number of hydrogen-bond acceptors (Lipinski definition) is 2. The van der Waals surface area contributed by atoms with Crippen molar-refractivity contribution in [3.05, 3.63) is 41.0 Å². The van der Waals surface area contributed by atoms with Gasteiger partial charge in [0.05, 0.1) is 0 Å². The molecule has 0 aliphatic carbocycles. The molecule has 0 fully saturated rings. The summed E-state index contributed by atoms with van der Waals surface area (Å²) in [5.74, 6) is -0.794. The maximum absolute atomic E-state index is 11.1. The Morgan fingerprint density at radius 3 is 2.94 bits per heavy atom. The summed E-state index contributed by atoms with van der Waals surface area (Å²) in [5, 5.41) is 12.4. The van der Waals surface area contributed by atoms with Gasteiger partial charge in [-0.15, -0.1) is 0 Å². The molecule has 2 rings (SSSR count). The Balaban J connectivity index is 2.47. The number of carboxylic acid groups (broad SMARTS) is 1. The second kappa shape index (κ2) is 4.49. The van der Waals surface area contributed by atoms with Gasteiger partial charge in [-0.2, -0.15) is 0 Å². The van der Waals surface area contributed by atoms with E-state index in [2.05, 4.69) is 5.32 Å². The van der Waals surface area contributed by atoms with Crippen molar-refractivity contribution >= 4 is 11.5 Å². The molecule has 1 heterocycles. The first-order valence-electron chi connectivity index (χ1n) is 5.41. The first kappa shape index (κ1) is 10.9. The van der Waals surface area contributed by atoms with Crippen LogP contribution in [0.1, 0.15) is 17.5 Å². The number of benzene rings is 1. The fourth-order valence-electron chi connectivity index (χ4n) is 2.03. The monoisotopic (exact) mass is 217 g/mol. The van der Waals surface area contributed by atoms with Crippen LogP contribution < -0.4 is 5.32 Å². The van der Waals surface area contributed by atoms with Gasteiger partial charge in [0.1, 0.15) is 0 Å². The SMILES string of the molecule is Cc1cccc(C2=C(C(=O)O)CCNC2)c1. The number of aliphatic carboxylic acids is 1. The molecule has 0 bridgehead atoms. The van der Waals surface area contributed by atoms with E-state index in [-0.39, 0.29) is 0 Å². The average molecular weight is 217 g/mol. The Morgan fingerprint density at radius 1 is 1.44 bits per heavy atom. The number of aryl methyl sites for hydroxylation is 1. The van der Waals surface area contributed by atoms with Crippen molar-refractivity contribution in [1.29, 1.82) is 0 Å². The zero-order valence-corrected chi connectivity index (χ0v) is 9.29. The number of rotatable bonds is 2. The molecule has 84 valence electrons. The molecule has 1 aliphatic heterocycles. The molecule has 1 aromatic rings. The van der Waals surface area contributed by atoms with E-state index < -0.39 is 5.97 Å². The third-order valence-electron chi connectivity index (χ3n) is 2.84. The third kappa shape index (κ3) is 2.14. The van der Waals surface area contributed by atoms with Gasteiger partial charge in [-0.3, -0.25) is 0 Å². The lowest BCUT2D eigenvalue weighted by Gasteiger charge is -2.19. The van der Waals surface area contributed by atoms with Crippen molar-refractivity contribution in [3.63, 3.8) is 0 Å². The second-order valence-electron chi connectivity index (χ2n) is 4.06. The minimum absolute atomic E-state index is 0.546. The molecular weight excluding hydrogens is 202 g/mol. The highest BCUT2D eigenvalue weighted by molar-refractivity contribution is 5.97. The number of nitrogens with one attached hydrogen (secondary N) is 1. The van der Waals surface area contributed by atoms with E-state index in [1.165, 1.54) is 0 Å². The normalized spacial score (nSPS) is 16.3. The zero-order chi connectivity index (χ0) is 11.5. The Hall–Kier alpha value is -1.61. The lowest BCUT2D eigenvalue weighted by Crippen LogP contribution is -2.27. The highest BCUT2D eigenvalue weighted by Crippen LogP contribution is 2.23. The summed E-state index contributed by atoms with van der Waals surface area (Å²) >= 11 is 0. The minimum Gasteiger partial charge on any atom is -0.478 e. The van der Waals surface area contributed by atoms with Gasteiger partial charge < -0.3 is 10.4 Å². The molecule has 0 spiro atoms. The van der Waals surface area contributed by atoms with Crippen LogP contribution in [0.3, 0.4) is 0 Å². The van der Waals surface area contributed by atoms with Crippen molar-refractivity contribution in [2.75, 3.05) is 13.1 Å². The van der Waals surface area contributed by atoms with Gasteiger partial charge in [0, 0.05) is 12.1 Å². The highest BCUT2D eigenvalue weighted by Gasteiger charge is 2.19. The lowest BCUT2D eigenvalue weighted by molar-refractivity contribution is -0.132. The predicted molar refractivity (Wildman–Crippen MR) is 63.2 cm³/mol. The molecule has 0 saturated heterocycles. The van der Waals surface area contributed by atoms with Crippen molar-refractivity contribution in [2.45, 2.75) is 13.3 Å². The standard InChI is InChI=1S/C13H15NO2/c1-9-3-2-4-10(7-9)12-8-14-6-5-11(12)13(15)16/h2-4,7,14H,5-6,8H2,1H3,(H,15,16). The molecule has 0 radical (unpaired) electrons. The van der Waals surface area contributed by atoms with Crippen LogP contribution in [0.15, 0.2) is 29.8 Å². The summed E-state index contributed by atoms with van der Waals surface area (Å²) in [7, 11) is 0. The van der Waals surface area contributed by atoms with Crippen LogP contribution in [0.2, 0.25) is 0 Å². The van der Waals surface area contributed by atoms with E-state index in [1.807, 2.05) is 31.2 Å². The van der Waals surface area contributed by atoms with E-state index >= 15 is 0 Å². The first-order valence-corrected chi connectivity index (χ1v) is 5.41. The van der Waals surface area contributed by atoms with Gasteiger partial charge in [0.25, 0.3) is 0 Å². The molecule has 0 amide bonds. The van der Waals surface area contributed by atoms with Crippen LogP contribution >= 0.6 is 0 Å². The molecular formula is C13H15NO2. The van der Waals surface area contributed by atoms with Crippen molar-refractivity contribution in [1.82, 2.24) is 5.32 Å². The van der Waals surface area contributed by atoms with E-state index in [9.17, 15) is 4.79 Å². The summed E-state index contributed by atoms with van der Waals surface area (Å²) in [6.45, 7) is 3.41. The van der Waals surface area contributed by atoms with Crippen molar-refractivity contribution in [3.8, 4) is 0 Å². The average Bonchev–Trinajstić information content (AvgIpc) is 2.29. The van der Waals surface area contributed by atoms with E-state index in [0.717, 1.165) is 23.2 Å². The zero-order valence-electron chi connectivity index (χ0n) is 9.29. The second-order valence-corrected chi connectivity index (χ2v) is 4.06. The fraction of sp³-hybridized carbons (Fsp3) is 0.308. The molecule has 16 heavy (non-hydrogen) atoms. The molecule has 0 unspecified atom stereocenters. The number of carboxylic acids is 1. The Morgan fingerprint density at radius 2 is 2.25 bits per heavy atom. The van der Waals surface area contributed by atoms with E-state index in [0.29, 0.717) is 18.5 Å². The molecule has 1 aliphatic rings. The van der Waals surface area contributed by atoms with Gasteiger partial charge in [-0.25, -0.2) is 4.79 Å². The van der Waals surface area contributed by atoms with Crippen LogP contribution in [0.25, 0.3) is 5.57 Å². The number of hydrogen-bond donors (Lipinski definition) is 2. The summed E-state index contributed by atoms with van der Waals surface area (Å²) in [4.78, 5) is 11.1. The summed E-state index contributed by atoms with van der Waals surface area (Å²) < 4.78 is 0. The van der Waals surface area contributed by atoms with Crippen LogP contribution in [-0.4, -0.2) is 24.2 Å². The van der Waals surface area contributed by atoms with Gasteiger partial charge in [0.2, 0.25) is 0 Å². The fourth-order valence-corrected chi connectivity index (χ4v) is 2.03. The van der Waals surface area contributed by atoms with Crippen LogP contribution in [0, 0.1) is 6.92 Å². The quantitative estimate of drug-likeness (QED) is 0.794. The Labute approximate surface area is 94.8 Å². The minimum atomic E-state index is -0.794. The topological polar surface area (TPSA) is 49.3 Å². The van der Waals surface area contributed by atoms with Crippen molar-refractivity contribution in [2.24, 2.45) is 0 Å². The largest absolute Gasteiger partial charge is 0.478 e. The molecule has 0 saturated carbocycles. The molecule has 3 nitrogen and oxygen atoms in total. The molecule has 1 aromatic carbocycles. The van der Waals surface area contributed by atoms with Gasteiger partial charge >= 0.3 is 5.97 Å². The smallest absolute Gasteiger partial charge is 0.331 e. The van der Waals surface area contributed by atoms with E-state index in [1.54, 1.807) is 0 Å². The number of carbonyl (C=O) groups is 1. The van der Waals surface area contributed by atoms with Crippen LogP contribution in [-0.2, 0) is 4.79 Å².